The molecule has 0 saturated heterocycles. The Morgan fingerprint density at radius 3 is 0.840 bits per heavy atom. The average Bonchev–Trinajstić information content (AvgIpc) is 0.934. The van der Waals surface area contributed by atoms with Crippen molar-refractivity contribution in [3.05, 3.63) is 72.9 Å². The van der Waals surface area contributed by atoms with Gasteiger partial charge in [-0.3, -0.25) is 37.3 Å². The molecule has 0 heterocycles. The van der Waals surface area contributed by atoms with Gasteiger partial charge in [-0.05, 0) is 89.9 Å². The zero-order chi connectivity index (χ0) is 73.2. The molecule has 0 aliphatic rings. The maximum absolute atomic E-state index is 13.1. The van der Waals surface area contributed by atoms with E-state index in [0.717, 1.165) is 109 Å². The molecule has 0 fully saturated rings. The fourth-order valence-corrected chi connectivity index (χ4v) is 12.6. The number of aliphatic hydroxyl groups excluding tert-OH is 1. The SMILES string of the molecule is CCCCC/C=C\C/C=C\C/C=C\C/C=C\C/C=C\CCC(=O)O[C@H](COC(=O)CCCCCCC/C=C\CCCCCCCC)COP(=O)(O)OC[C@@H](O)COP(=O)(O)OC[C@@H](COC(=O)CCCCCCCCCCCCCCC)OC(=O)CCCCCCCCCCCCCCC. The molecule has 0 aromatic rings. The van der Waals surface area contributed by atoms with Crippen molar-refractivity contribution < 1.29 is 80.2 Å². The summed E-state index contributed by atoms with van der Waals surface area (Å²) in [6, 6.07) is 0. The molecule has 0 spiro atoms. The highest BCUT2D eigenvalue weighted by atomic mass is 31.2. The second kappa shape index (κ2) is 73.8. The van der Waals surface area contributed by atoms with Gasteiger partial charge >= 0.3 is 39.5 Å². The molecule has 17 nitrogen and oxygen atoms in total. The lowest BCUT2D eigenvalue weighted by Crippen LogP contribution is -2.30. The molecule has 0 aromatic carbocycles. The molecule has 0 aliphatic carbocycles. The van der Waals surface area contributed by atoms with Gasteiger partial charge in [-0.2, -0.15) is 0 Å². The number of hydrogen-bond acceptors (Lipinski definition) is 15. The summed E-state index contributed by atoms with van der Waals surface area (Å²) < 4.78 is 68.5. The third-order valence-electron chi connectivity index (χ3n) is 17.2. The van der Waals surface area contributed by atoms with Crippen molar-refractivity contribution >= 4 is 39.5 Å². The molecule has 0 aromatic heterocycles. The quantitative estimate of drug-likeness (QED) is 0.0169. The first-order valence-corrected chi connectivity index (χ1v) is 43.2. The average molecular weight is 1450 g/mol. The van der Waals surface area contributed by atoms with E-state index in [2.05, 4.69) is 82.4 Å². The summed E-state index contributed by atoms with van der Waals surface area (Å²) in [5.41, 5.74) is 0. The first-order chi connectivity index (χ1) is 48.7. The second-order valence-corrected chi connectivity index (χ2v) is 29.9. The molecule has 3 N–H and O–H groups in total. The summed E-state index contributed by atoms with van der Waals surface area (Å²) in [4.78, 5) is 72.9. The molecular weight excluding hydrogens is 1310 g/mol. The Kier molecular flexibility index (Phi) is 71.2. The zero-order valence-electron chi connectivity index (χ0n) is 63.6. The highest BCUT2D eigenvalue weighted by Gasteiger charge is 2.30. The second-order valence-electron chi connectivity index (χ2n) is 27.0. The van der Waals surface area contributed by atoms with E-state index >= 15 is 0 Å². The molecule has 0 radical (unpaired) electrons. The van der Waals surface area contributed by atoms with Gasteiger partial charge in [0.05, 0.1) is 26.4 Å². The maximum Gasteiger partial charge on any atom is 0.472 e. The molecule has 100 heavy (non-hydrogen) atoms. The van der Waals surface area contributed by atoms with E-state index in [9.17, 15) is 43.2 Å². The van der Waals surface area contributed by atoms with Crippen molar-refractivity contribution in [3.63, 3.8) is 0 Å². The Morgan fingerprint density at radius 2 is 0.510 bits per heavy atom. The minimum Gasteiger partial charge on any atom is -0.462 e. The lowest BCUT2D eigenvalue weighted by Gasteiger charge is -2.21. The van der Waals surface area contributed by atoms with Gasteiger partial charge in [0, 0.05) is 25.7 Å². The summed E-state index contributed by atoms with van der Waals surface area (Å²) in [5.74, 6) is -2.25. The van der Waals surface area contributed by atoms with Crippen LogP contribution in [-0.4, -0.2) is 96.7 Å². The van der Waals surface area contributed by atoms with Gasteiger partial charge in [-0.25, -0.2) is 9.13 Å². The van der Waals surface area contributed by atoms with Crippen LogP contribution in [0, 0.1) is 0 Å². The van der Waals surface area contributed by atoms with Crippen molar-refractivity contribution in [1.82, 2.24) is 0 Å². The molecule has 2 unspecified atom stereocenters. The van der Waals surface area contributed by atoms with Crippen LogP contribution in [0.5, 0.6) is 0 Å². The Balaban J connectivity index is 5.39. The molecule has 5 atom stereocenters. The van der Waals surface area contributed by atoms with Crippen LogP contribution >= 0.6 is 15.6 Å². The van der Waals surface area contributed by atoms with Crippen LogP contribution < -0.4 is 0 Å². The smallest absolute Gasteiger partial charge is 0.462 e. The van der Waals surface area contributed by atoms with Crippen molar-refractivity contribution in [2.24, 2.45) is 0 Å². The molecule has 0 rings (SSSR count). The predicted molar refractivity (Wildman–Crippen MR) is 409 cm³/mol. The molecule has 0 amide bonds. The van der Waals surface area contributed by atoms with Crippen LogP contribution in [0.3, 0.4) is 0 Å². The highest BCUT2D eigenvalue weighted by Crippen LogP contribution is 2.45. The zero-order valence-corrected chi connectivity index (χ0v) is 65.4. The van der Waals surface area contributed by atoms with E-state index in [1.807, 2.05) is 18.2 Å². The summed E-state index contributed by atoms with van der Waals surface area (Å²) >= 11 is 0. The number of hydrogen-bond donors (Lipinski definition) is 3. The Labute approximate surface area is 609 Å². The number of allylic oxidation sites excluding steroid dienone is 12. The number of aliphatic hydroxyl groups is 1. The van der Waals surface area contributed by atoms with Crippen molar-refractivity contribution in [1.29, 1.82) is 0 Å². The third-order valence-corrected chi connectivity index (χ3v) is 19.1. The number of phosphoric acid groups is 2. The van der Waals surface area contributed by atoms with Gasteiger partial charge < -0.3 is 33.8 Å². The van der Waals surface area contributed by atoms with Gasteiger partial charge in [-0.1, -0.05) is 319 Å². The van der Waals surface area contributed by atoms with E-state index in [4.69, 9.17) is 37.0 Å². The van der Waals surface area contributed by atoms with Gasteiger partial charge in [0.25, 0.3) is 0 Å². The fraction of sp³-hybridized carbons (Fsp3) is 0.802. The number of carbonyl (C=O) groups is 4. The molecule has 0 bridgehead atoms. The fourth-order valence-electron chi connectivity index (χ4n) is 11.0. The summed E-state index contributed by atoms with van der Waals surface area (Å²) in [7, 11) is -9.96. The Hall–Kier alpha value is -3.50. The van der Waals surface area contributed by atoms with Crippen LogP contribution in [0.4, 0.5) is 0 Å². The number of phosphoric ester groups is 2. The Bertz CT molecular complexity index is 2180. The normalized spacial score (nSPS) is 14.3. The van der Waals surface area contributed by atoms with Crippen LogP contribution in [0.25, 0.3) is 0 Å². The minimum absolute atomic E-state index is 0.0270. The van der Waals surface area contributed by atoms with E-state index in [1.165, 1.54) is 167 Å². The van der Waals surface area contributed by atoms with Gasteiger partial charge in [0.1, 0.15) is 19.3 Å². The van der Waals surface area contributed by atoms with E-state index < -0.39 is 97.5 Å². The summed E-state index contributed by atoms with van der Waals surface area (Å²) in [6.45, 7) is 4.81. The van der Waals surface area contributed by atoms with Crippen molar-refractivity contribution in [2.75, 3.05) is 39.6 Å². The van der Waals surface area contributed by atoms with E-state index in [0.29, 0.717) is 32.1 Å². The van der Waals surface area contributed by atoms with Crippen LogP contribution in [0.1, 0.15) is 362 Å². The predicted octanol–water partition coefficient (Wildman–Crippen LogP) is 23.2. The van der Waals surface area contributed by atoms with E-state index in [-0.39, 0.29) is 25.7 Å². The van der Waals surface area contributed by atoms with Crippen LogP contribution in [-0.2, 0) is 65.4 Å². The molecule has 0 saturated carbocycles. The summed E-state index contributed by atoms with van der Waals surface area (Å²) in [5, 5.41) is 10.6. The van der Waals surface area contributed by atoms with Gasteiger partial charge in [0.2, 0.25) is 0 Å². The molecule has 582 valence electrons. The molecular formula is C81H146O17P2. The number of rotatable bonds is 76. The first-order valence-electron chi connectivity index (χ1n) is 40.2. The minimum atomic E-state index is -4.99. The van der Waals surface area contributed by atoms with Crippen molar-refractivity contribution in [2.45, 2.75) is 380 Å². The van der Waals surface area contributed by atoms with E-state index in [1.54, 1.807) is 0 Å². The third kappa shape index (κ3) is 72.8. The number of ether oxygens (including phenoxy) is 4. The first kappa shape index (κ1) is 96.5. The largest absolute Gasteiger partial charge is 0.472 e. The van der Waals surface area contributed by atoms with Crippen molar-refractivity contribution in [3.8, 4) is 0 Å². The standard InChI is InChI=1S/C81H146O17P2/c1-5-9-13-17-21-25-29-33-35-36-37-38-40-44-48-52-56-60-64-68-81(86)98-77(72-92-79(84)66-62-58-54-50-46-43-39-34-30-26-22-18-14-10-6-2)74-96-100(89,90)94-70-75(82)69-93-99(87,88)95-73-76(97-80(85)67-63-59-55-51-47-42-32-28-24-20-16-12-8-4)71-91-78(83)65-61-57-53-49-45-41-31-27-23-19-15-11-7-3/h21,25,33-35,37-39,44,48,56,60,75-77,82H,5-20,22-24,26-32,36,40-43,45-47,49-55,57-59,61-74H2,1-4H3,(H,87,88)(H,89,90)/b25-21-,35-33-,38-37-,39-34-,48-44-,60-56-/t75-,76+,77+/m0/s1. The Morgan fingerprint density at radius 1 is 0.280 bits per heavy atom. The molecule has 19 heteroatoms. The number of esters is 4. The van der Waals surface area contributed by atoms with Crippen LogP contribution in [0.2, 0.25) is 0 Å². The lowest BCUT2D eigenvalue weighted by molar-refractivity contribution is -0.161. The number of unbranched alkanes of at least 4 members (excludes halogenated alkanes) is 38. The summed E-state index contributed by atoms with van der Waals surface area (Å²) in [6.07, 6.45) is 74.7. The maximum atomic E-state index is 13.1. The molecule has 0 aliphatic heterocycles. The van der Waals surface area contributed by atoms with Gasteiger partial charge in [-0.15, -0.1) is 0 Å². The lowest BCUT2D eigenvalue weighted by atomic mass is 10.0. The highest BCUT2D eigenvalue weighted by molar-refractivity contribution is 7.47. The van der Waals surface area contributed by atoms with Crippen LogP contribution in [0.15, 0.2) is 72.9 Å². The van der Waals surface area contributed by atoms with Gasteiger partial charge in [0.15, 0.2) is 12.2 Å². The topological polar surface area (TPSA) is 237 Å². The monoisotopic (exact) mass is 1450 g/mol. The number of carbonyl (C=O) groups excluding carboxylic acids is 4.